The Morgan fingerprint density at radius 2 is 0.963 bits per heavy atom. The van der Waals surface area contributed by atoms with E-state index in [2.05, 4.69) is 163 Å². The van der Waals surface area contributed by atoms with Gasteiger partial charge in [0, 0.05) is 50.4 Å². The summed E-state index contributed by atoms with van der Waals surface area (Å²) >= 11 is 0. The molecule has 10 rings (SSSR count). The van der Waals surface area contributed by atoms with E-state index in [-0.39, 0.29) is 0 Å². The maximum Gasteiger partial charge on any atom is 0.160 e. The van der Waals surface area contributed by atoms with Gasteiger partial charge in [0.1, 0.15) is 11.2 Å². The second-order valence-electron chi connectivity index (χ2n) is 13.4. The van der Waals surface area contributed by atoms with Crippen LogP contribution in [0.15, 0.2) is 205 Å². The van der Waals surface area contributed by atoms with Gasteiger partial charge in [-0.05, 0) is 70.8 Å². The van der Waals surface area contributed by atoms with E-state index in [0.717, 1.165) is 77.9 Å². The van der Waals surface area contributed by atoms with Gasteiger partial charge < -0.3 is 9.32 Å². The van der Waals surface area contributed by atoms with Crippen LogP contribution in [0.3, 0.4) is 0 Å². The SMILES string of the molecule is c1ccc(-c2ccc(N(c3ccccc3)c3ccc4c(c3)oc3cccc(-c5ccc(-c6nc(-c7ccccc7)c7ccccc7n6)cc5)c34)cc2)cc1. The normalized spacial score (nSPS) is 11.3. The van der Waals surface area contributed by atoms with Gasteiger partial charge in [0.15, 0.2) is 5.82 Å². The third-order valence-electron chi connectivity index (χ3n) is 10.1. The summed E-state index contributed by atoms with van der Waals surface area (Å²) in [6.07, 6.45) is 0. The van der Waals surface area contributed by atoms with Crippen LogP contribution >= 0.6 is 0 Å². The summed E-state index contributed by atoms with van der Waals surface area (Å²) in [7, 11) is 0. The van der Waals surface area contributed by atoms with Gasteiger partial charge in [-0.15, -0.1) is 0 Å². The van der Waals surface area contributed by atoms with Crippen LogP contribution in [0.2, 0.25) is 0 Å². The van der Waals surface area contributed by atoms with Crippen molar-refractivity contribution in [2.45, 2.75) is 0 Å². The highest BCUT2D eigenvalue weighted by atomic mass is 16.3. The Morgan fingerprint density at radius 3 is 1.72 bits per heavy atom. The van der Waals surface area contributed by atoms with E-state index in [4.69, 9.17) is 14.4 Å². The predicted octanol–water partition coefficient (Wildman–Crippen LogP) is 13.7. The summed E-state index contributed by atoms with van der Waals surface area (Å²) in [6, 6.07) is 69.6. The molecular weight excluding hydrogens is 659 g/mol. The maximum atomic E-state index is 6.60. The molecule has 0 spiro atoms. The molecule has 0 N–H and O–H groups in total. The van der Waals surface area contributed by atoms with Gasteiger partial charge in [-0.25, -0.2) is 9.97 Å². The predicted molar refractivity (Wildman–Crippen MR) is 223 cm³/mol. The minimum Gasteiger partial charge on any atom is -0.456 e. The topological polar surface area (TPSA) is 42.2 Å². The lowest BCUT2D eigenvalue weighted by Gasteiger charge is -2.25. The van der Waals surface area contributed by atoms with E-state index in [1.807, 2.05) is 42.5 Å². The third kappa shape index (κ3) is 5.67. The zero-order chi connectivity index (χ0) is 35.8. The average molecular weight is 692 g/mol. The Bertz CT molecular complexity index is 2900. The van der Waals surface area contributed by atoms with Crippen LogP contribution in [0, 0.1) is 0 Å². The van der Waals surface area contributed by atoms with E-state index < -0.39 is 0 Å². The number of fused-ring (bicyclic) bond motifs is 4. The third-order valence-corrected chi connectivity index (χ3v) is 10.1. The Morgan fingerprint density at radius 1 is 0.370 bits per heavy atom. The number of benzene rings is 8. The van der Waals surface area contributed by atoms with Gasteiger partial charge >= 0.3 is 0 Å². The summed E-state index contributed by atoms with van der Waals surface area (Å²) in [5, 5.41) is 3.21. The number of rotatable bonds is 7. The summed E-state index contributed by atoms with van der Waals surface area (Å²) in [4.78, 5) is 12.3. The molecule has 0 saturated heterocycles. The van der Waals surface area contributed by atoms with Gasteiger partial charge in [0.2, 0.25) is 0 Å². The zero-order valence-electron chi connectivity index (χ0n) is 29.3. The molecular formula is C50H33N3O. The second kappa shape index (κ2) is 13.4. The molecule has 4 nitrogen and oxygen atoms in total. The fraction of sp³-hybridized carbons (Fsp3) is 0. The number of para-hydroxylation sites is 2. The van der Waals surface area contributed by atoms with Crippen molar-refractivity contribution >= 4 is 49.9 Å². The highest BCUT2D eigenvalue weighted by Crippen LogP contribution is 2.42. The molecule has 54 heavy (non-hydrogen) atoms. The number of hydrogen-bond acceptors (Lipinski definition) is 4. The van der Waals surface area contributed by atoms with E-state index >= 15 is 0 Å². The molecule has 254 valence electrons. The fourth-order valence-electron chi connectivity index (χ4n) is 7.47. The number of aromatic nitrogens is 2. The van der Waals surface area contributed by atoms with Crippen molar-refractivity contribution in [2.75, 3.05) is 4.90 Å². The monoisotopic (exact) mass is 691 g/mol. The Balaban J connectivity index is 1.03. The smallest absolute Gasteiger partial charge is 0.160 e. The summed E-state index contributed by atoms with van der Waals surface area (Å²) in [5.41, 5.74) is 13.4. The molecule has 0 atom stereocenters. The van der Waals surface area contributed by atoms with Crippen LogP contribution in [0.25, 0.3) is 77.7 Å². The summed E-state index contributed by atoms with van der Waals surface area (Å²) in [5.74, 6) is 0.705. The van der Waals surface area contributed by atoms with E-state index in [0.29, 0.717) is 5.82 Å². The van der Waals surface area contributed by atoms with Crippen LogP contribution < -0.4 is 4.90 Å². The van der Waals surface area contributed by atoms with Gasteiger partial charge in [-0.2, -0.15) is 0 Å². The molecule has 2 heterocycles. The summed E-state index contributed by atoms with van der Waals surface area (Å²) < 4.78 is 6.60. The lowest BCUT2D eigenvalue weighted by molar-refractivity contribution is 0.669. The van der Waals surface area contributed by atoms with Crippen LogP contribution in [-0.4, -0.2) is 9.97 Å². The molecule has 0 amide bonds. The first kappa shape index (κ1) is 31.4. The average Bonchev–Trinajstić information content (AvgIpc) is 3.63. The molecule has 8 aromatic carbocycles. The first-order chi connectivity index (χ1) is 26.8. The molecule has 4 heteroatoms. The number of nitrogens with zero attached hydrogens (tertiary/aromatic N) is 3. The quantitative estimate of drug-likeness (QED) is 0.167. The minimum absolute atomic E-state index is 0.705. The summed E-state index contributed by atoms with van der Waals surface area (Å²) in [6.45, 7) is 0. The van der Waals surface area contributed by atoms with Crippen molar-refractivity contribution in [3.63, 3.8) is 0 Å². The first-order valence-corrected chi connectivity index (χ1v) is 18.2. The van der Waals surface area contributed by atoms with E-state index in [9.17, 15) is 0 Å². The largest absolute Gasteiger partial charge is 0.456 e. The first-order valence-electron chi connectivity index (χ1n) is 18.2. The Kier molecular flexibility index (Phi) is 7.77. The van der Waals surface area contributed by atoms with Gasteiger partial charge in [-0.1, -0.05) is 146 Å². The van der Waals surface area contributed by atoms with Crippen LogP contribution in [0.1, 0.15) is 0 Å². The highest BCUT2D eigenvalue weighted by Gasteiger charge is 2.18. The van der Waals surface area contributed by atoms with Crippen molar-refractivity contribution in [3.8, 4) is 44.9 Å². The standard InChI is InChI=1S/C50H33N3O/c1-4-13-34(14-5-1)35-27-29-40(30-28-35)53(39-17-8-3-9-18-39)41-31-32-44-47(33-41)54-46-22-12-20-42(48(44)46)36-23-25-38(26-24-36)50-51-45-21-11-10-19-43(45)49(52-50)37-15-6-2-7-16-37/h1-33H. The Hall–Kier alpha value is -7.30. The van der Waals surface area contributed by atoms with Crippen molar-refractivity contribution in [2.24, 2.45) is 0 Å². The molecule has 0 unspecified atom stereocenters. The molecule has 10 aromatic rings. The minimum atomic E-state index is 0.705. The fourth-order valence-corrected chi connectivity index (χ4v) is 7.47. The van der Waals surface area contributed by atoms with Gasteiger partial charge in [0.05, 0.1) is 11.2 Å². The highest BCUT2D eigenvalue weighted by molar-refractivity contribution is 6.13. The van der Waals surface area contributed by atoms with Crippen molar-refractivity contribution in [1.29, 1.82) is 0 Å². The van der Waals surface area contributed by atoms with E-state index in [1.54, 1.807) is 0 Å². The van der Waals surface area contributed by atoms with Gasteiger partial charge in [0.25, 0.3) is 0 Å². The van der Waals surface area contributed by atoms with Crippen LogP contribution in [0.5, 0.6) is 0 Å². The Labute approximate surface area is 313 Å². The van der Waals surface area contributed by atoms with E-state index in [1.165, 1.54) is 11.1 Å². The maximum absolute atomic E-state index is 6.60. The van der Waals surface area contributed by atoms with Crippen molar-refractivity contribution in [3.05, 3.63) is 200 Å². The van der Waals surface area contributed by atoms with Crippen LogP contribution in [0.4, 0.5) is 17.1 Å². The van der Waals surface area contributed by atoms with Crippen molar-refractivity contribution in [1.82, 2.24) is 9.97 Å². The molecule has 0 radical (unpaired) electrons. The van der Waals surface area contributed by atoms with Crippen LogP contribution in [-0.2, 0) is 0 Å². The lowest BCUT2D eigenvalue weighted by atomic mass is 9.98. The lowest BCUT2D eigenvalue weighted by Crippen LogP contribution is -2.09. The number of anilines is 3. The van der Waals surface area contributed by atoms with Gasteiger partial charge in [-0.3, -0.25) is 0 Å². The zero-order valence-corrected chi connectivity index (χ0v) is 29.3. The number of hydrogen-bond donors (Lipinski definition) is 0. The molecule has 0 fully saturated rings. The molecule has 2 aromatic heterocycles. The van der Waals surface area contributed by atoms with Crippen molar-refractivity contribution < 1.29 is 4.42 Å². The molecule has 0 saturated carbocycles. The molecule has 0 aliphatic rings. The molecule has 0 aliphatic carbocycles. The second-order valence-corrected chi connectivity index (χ2v) is 13.4. The molecule has 0 bridgehead atoms. The molecule has 0 aliphatic heterocycles. The number of furan rings is 1.